The van der Waals surface area contributed by atoms with Crippen molar-refractivity contribution < 1.29 is 14.2 Å². The van der Waals surface area contributed by atoms with Crippen LogP contribution in [0.4, 0.5) is 5.69 Å². The van der Waals surface area contributed by atoms with E-state index >= 15 is 0 Å². The summed E-state index contributed by atoms with van der Waals surface area (Å²) >= 11 is 18.7. The Kier molecular flexibility index (Phi) is 8.07. The smallest absolute Gasteiger partial charge is 0.180 e. The minimum Gasteiger partial charge on any atom is -0.493 e. The molecule has 4 nitrogen and oxygen atoms in total. The largest absolute Gasteiger partial charge is 0.493 e. The SMILES string of the molecule is COc1cc(CNc2ccc(Oc3ccccc3)cc2)cc(Cl)c1OCc1ccc(Cl)cc1Cl. The fraction of sp³-hybridized carbons (Fsp3) is 0.111. The van der Waals surface area contributed by atoms with E-state index in [1.807, 2.05) is 72.8 Å². The second kappa shape index (κ2) is 11.4. The van der Waals surface area contributed by atoms with Crippen LogP contribution in [0.5, 0.6) is 23.0 Å². The van der Waals surface area contributed by atoms with Crippen LogP contribution >= 0.6 is 34.8 Å². The van der Waals surface area contributed by atoms with Crippen LogP contribution in [0.15, 0.2) is 84.9 Å². The van der Waals surface area contributed by atoms with Gasteiger partial charge in [0, 0.05) is 27.8 Å². The second-order valence-electron chi connectivity index (χ2n) is 7.43. The van der Waals surface area contributed by atoms with E-state index in [0.717, 1.165) is 28.3 Å². The molecule has 4 rings (SSSR count). The molecule has 4 aromatic carbocycles. The fourth-order valence-corrected chi connectivity index (χ4v) is 4.02. The van der Waals surface area contributed by atoms with Gasteiger partial charge in [0.25, 0.3) is 0 Å². The van der Waals surface area contributed by atoms with Gasteiger partial charge in [-0.15, -0.1) is 0 Å². The molecule has 0 aromatic heterocycles. The number of benzene rings is 4. The van der Waals surface area contributed by atoms with Gasteiger partial charge in [0.05, 0.1) is 12.1 Å². The van der Waals surface area contributed by atoms with Crippen molar-refractivity contribution >= 4 is 40.5 Å². The third-order valence-corrected chi connectivity index (χ3v) is 5.87. The van der Waals surface area contributed by atoms with Gasteiger partial charge in [-0.2, -0.15) is 0 Å². The Labute approximate surface area is 213 Å². The van der Waals surface area contributed by atoms with E-state index < -0.39 is 0 Å². The van der Waals surface area contributed by atoms with Crippen LogP contribution in [-0.4, -0.2) is 7.11 Å². The highest BCUT2D eigenvalue weighted by Crippen LogP contribution is 2.37. The molecule has 0 bridgehead atoms. The number of rotatable bonds is 9. The van der Waals surface area contributed by atoms with E-state index in [0.29, 0.717) is 33.1 Å². The molecule has 0 spiro atoms. The average Bonchev–Trinajstić information content (AvgIpc) is 2.84. The molecule has 0 saturated heterocycles. The monoisotopic (exact) mass is 513 g/mol. The normalized spacial score (nSPS) is 10.6. The first-order chi connectivity index (χ1) is 16.5. The van der Waals surface area contributed by atoms with Crippen LogP contribution in [0.2, 0.25) is 15.1 Å². The lowest BCUT2D eigenvalue weighted by Crippen LogP contribution is -2.03. The molecule has 0 atom stereocenters. The van der Waals surface area contributed by atoms with Crippen molar-refractivity contribution in [3.8, 4) is 23.0 Å². The standard InChI is InChI=1S/C27H22Cl3NO3/c1-32-26-14-18(13-25(30)27(26)33-17-19-7-8-20(28)15-24(19)29)16-31-21-9-11-23(12-10-21)34-22-5-3-2-4-6-22/h2-15,31H,16-17H2,1H3. The number of anilines is 1. The van der Waals surface area contributed by atoms with Crippen molar-refractivity contribution in [2.24, 2.45) is 0 Å². The molecule has 0 heterocycles. The van der Waals surface area contributed by atoms with Gasteiger partial charge in [0.15, 0.2) is 11.5 Å². The predicted molar refractivity (Wildman–Crippen MR) is 139 cm³/mol. The number of hydrogen-bond acceptors (Lipinski definition) is 4. The van der Waals surface area contributed by atoms with Gasteiger partial charge >= 0.3 is 0 Å². The van der Waals surface area contributed by atoms with Crippen molar-refractivity contribution in [2.75, 3.05) is 12.4 Å². The first kappa shape index (κ1) is 24.1. The molecule has 7 heteroatoms. The maximum atomic E-state index is 6.52. The summed E-state index contributed by atoms with van der Waals surface area (Å²) in [6.45, 7) is 0.791. The molecule has 0 amide bonds. The summed E-state index contributed by atoms with van der Waals surface area (Å²) in [5, 5.41) is 4.93. The Bertz CT molecular complexity index is 1250. The summed E-state index contributed by atoms with van der Waals surface area (Å²) < 4.78 is 17.3. The average molecular weight is 515 g/mol. The summed E-state index contributed by atoms with van der Waals surface area (Å²) in [5.74, 6) is 2.57. The van der Waals surface area contributed by atoms with E-state index in [-0.39, 0.29) is 6.61 Å². The minimum atomic E-state index is 0.237. The molecular formula is C27H22Cl3NO3. The Hall–Kier alpha value is -3.05. The second-order valence-corrected chi connectivity index (χ2v) is 8.68. The van der Waals surface area contributed by atoms with Crippen molar-refractivity contribution in [3.63, 3.8) is 0 Å². The molecule has 0 aliphatic rings. The highest BCUT2D eigenvalue weighted by atomic mass is 35.5. The van der Waals surface area contributed by atoms with Crippen molar-refractivity contribution in [1.82, 2.24) is 0 Å². The Morgan fingerprint density at radius 2 is 1.50 bits per heavy atom. The Morgan fingerprint density at radius 1 is 0.765 bits per heavy atom. The van der Waals surface area contributed by atoms with E-state index in [4.69, 9.17) is 49.0 Å². The quantitative estimate of drug-likeness (QED) is 0.243. The van der Waals surface area contributed by atoms with Crippen LogP contribution in [0.25, 0.3) is 0 Å². The number of hydrogen-bond donors (Lipinski definition) is 1. The lowest BCUT2D eigenvalue weighted by atomic mass is 10.2. The first-order valence-corrected chi connectivity index (χ1v) is 11.6. The van der Waals surface area contributed by atoms with Crippen LogP contribution in [0.3, 0.4) is 0 Å². The van der Waals surface area contributed by atoms with Crippen molar-refractivity contribution in [1.29, 1.82) is 0 Å². The molecule has 0 saturated carbocycles. The van der Waals surface area contributed by atoms with Crippen LogP contribution in [0, 0.1) is 0 Å². The lowest BCUT2D eigenvalue weighted by Gasteiger charge is -2.15. The van der Waals surface area contributed by atoms with Crippen molar-refractivity contribution in [2.45, 2.75) is 13.2 Å². The zero-order valence-electron chi connectivity index (χ0n) is 18.4. The molecular weight excluding hydrogens is 493 g/mol. The molecule has 0 unspecified atom stereocenters. The Balaban J connectivity index is 1.39. The van der Waals surface area contributed by atoms with Gasteiger partial charge in [0.2, 0.25) is 0 Å². The molecule has 0 radical (unpaired) electrons. The molecule has 0 aliphatic heterocycles. The van der Waals surface area contributed by atoms with E-state index in [9.17, 15) is 0 Å². The molecule has 0 fully saturated rings. The lowest BCUT2D eigenvalue weighted by molar-refractivity contribution is 0.284. The van der Waals surface area contributed by atoms with Gasteiger partial charge in [-0.25, -0.2) is 0 Å². The maximum Gasteiger partial charge on any atom is 0.180 e. The zero-order valence-corrected chi connectivity index (χ0v) is 20.6. The van der Waals surface area contributed by atoms with Gasteiger partial charge in [-0.1, -0.05) is 59.1 Å². The minimum absolute atomic E-state index is 0.237. The van der Waals surface area contributed by atoms with Gasteiger partial charge in [0.1, 0.15) is 18.1 Å². The van der Waals surface area contributed by atoms with Crippen LogP contribution in [-0.2, 0) is 13.2 Å². The molecule has 4 aromatic rings. The fourth-order valence-electron chi connectivity index (χ4n) is 3.27. The first-order valence-electron chi connectivity index (χ1n) is 10.5. The summed E-state index contributed by atoms with van der Waals surface area (Å²) in [4.78, 5) is 0. The topological polar surface area (TPSA) is 39.7 Å². The van der Waals surface area contributed by atoms with Crippen LogP contribution in [0.1, 0.15) is 11.1 Å². The third kappa shape index (κ3) is 6.29. The summed E-state index contributed by atoms with van der Waals surface area (Å²) in [5.41, 5.74) is 2.70. The van der Waals surface area contributed by atoms with Gasteiger partial charge in [-0.3, -0.25) is 0 Å². The van der Waals surface area contributed by atoms with Crippen LogP contribution < -0.4 is 19.5 Å². The predicted octanol–water partition coefficient (Wildman–Crippen LogP) is 8.64. The van der Waals surface area contributed by atoms with E-state index in [2.05, 4.69) is 5.32 Å². The van der Waals surface area contributed by atoms with Gasteiger partial charge in [-0.05, 0) is 66.2 Å². The number of para-hydroxylation sites is 1. The van der Waals surface area contributed by atoms with E-state index in [1.54, 1.807) is 19.2 Å². The number of ether oxygens (including phenoxy) is 3. The van der Waals surface area contributed by atoms with E-state index in [1.165, 1.54) is 0 Å². The maximum absolute atomic E-state index is 6.52. The third-order valence-electron chi connectivity index (χ3n) is 5.01. The van der Waals surface area contributed by atoms with Crippen molar-refractivity contribution in [3.05, 3.63) is 111 Å². The summed E-state index contributed by atoms with van der Waals surface area (Å²) in [6.07, 6.45) is 0. The highest BCUT2D eigenvalue weighted by molar-refractivity contribution is 6.35. The zero-order chi connectivity index (χ0) is 23.9. The molecule has 1 N–H and O–H groups in total. The highest BCUT2D eigenvalue weighted by Gasteiger charge is 2.13. The van der Waals surface area contributed by atoms with Gasteiger partial charge < -0.3 is 19.5 Å². The number of methoxy groups -OCH3 is 1. The molecule has 0 aliphatic carbocycles. The summed E-state index contributed by atoms with van der Waals surface area (Å²) in [7, 11) is 1.58. The Morgan fingerprint density at radius 3 is 2.21 bits per heavy atom. The molecule has 174 valence electrons. The number of halogens is 3. The number of nitrogens with one attached hydrogen (secondary N) is 1. The summed E-state index contributed by atoms with van der Waals surface area (Å²) in [6, 6.07) is 26.4. The molecule has 34 heavy (non-hydrogen) atoms.